The molecule has 58 valence electrons. The Bertz CT molecular complexity index is 294. The number of hydrogen-bond acceptors (Lipinski definition) is 2. The van der Waals surface area contributed by atoms with Crippen molar-refractivity contribution in [2.45, 2.75) is 6.54 Å². The molecule has 0 radical (unpaired) electrons. The van der Waals surface area contributed by atoms with E-state index in [-0.39, 0.29) is 17.0 Å². The van der Waals surface area contributed by atoms with Gasteiger partial charge >= 0.3 is 0 Å². The van der Waals surface area contributed by atoms with Gasteiger partial charge in [0.1, 0.15) is 5.84 Å². The van der Waals surface area contributed by atoms with Crippen LogP contribution in [0.4, 0.5) is 0 Å². The van der Waals surface area contributed by atoms with Gasteiger partial charge in [0.05, 0.1) is 6.54 Å². The molecular formula is C8H9BrN2. The molecule has 0 atom stereocenters. The maximum atomic E-state index is 5.60. The summed E-state index contributed by atoms with van der Waals surface area (Å²) in [5, 5.41) is 0. The molecule has 1 aliphatic rings. The topological polar surface area (TPSA) is 38.4 Å². The molecule has 2 rings (SSSR count). The molecule has 0 unspecified atom stereocenters. The Hall–Kier alpha value is -0.830. The van der Waals surface area contributed by atoms with E-state index in [0.29, 0.717) is 5.84 Å². The third kappa shape index (κ3) is 1.28. The number of fused-ring (bicyclic) bond motifs is 1. The van der Waals surface area contributed by atoms with Crippen molar-refractivity contribution in [3.8, 4) is 0 Å². The van der Waals surface area contributed by atoms with Gasteiger partial charge < -0.3 is 5.73 Å². The summed E-state index contributed by atoms with van der Waals surface area (Å²) < 4.78 is 0. The van der Waals surface area contributed by atoms with Crippen molar-refractivity contribution < 1.29 is 0 Å². The molecule has 0 amide bonds. The molecule has 0 bridgehead atoms. The van der Waals surface area contributed by atoms with Crippen molar-refractivity contribution in [2.75, 3.05) is 0 Å². The SMILES string of the molecule is Br.NC1=NCc2ccccc21. The zero-order valence-electron chi connectivity index (χ0n) is 5.95. The molecule has 11 heavy (non-hydrogen) atoms. The Morgan fingerprint density at radius 3 is 2.73 bits per heavy atom. The van der Waals surface area contributed by atoms with Gasteiger partial charge in [0.15, 0.2) is 0 Å². The summed E-state index contributed by atoms with van der Waals surface area (Å²) in [7, 11) is 0. The second-order valence-electron chi connectivity index (χ2n) is 2.36. The molecule has 0 saturated carbocycles. The van der Waals surface area contributed by atoms with Gasteiger partial charge in [-0.1, -0.05) is 24.3 Å². The number of aliphatic imine (C=N–C) groups is 1. The van der Waals surface area contributed by atoms with Crippen LogP contribution in [-0.4, -0.2) is 5.84 Å². The molecule has 1 heterocycles. The highest BCUT2D eigenvalue weighted by molar-refractivity contribution is 8.93. The highest BCUT2D eigenvalue weighted by Gasteiger charge is 2.09. The van der Waals surface area contributed by atoms with Gasteiger partial charge in [0.25, 0.3) is 0 Å². The summed E-state index contributed by atoms with van der Waals surface area (Å²) in [5.74, 6) is 0.676. The number of amidine groups is 1. The molecule has 0 aromatic heterocycles. The number of nitrogens with two attached hydrogens (primary N) is 1. The first-order valence-electron chi connectivity index (χ1n) is 3.26. The van der Waals surface area contributed by atoms with Crippen molar-refractivity contribution >= 4 is 22.8 Å². The first-order chi connectivity index (χ1) is 4.88. The van der Waals surface area contributed by atoms with Crippen molar-refractivity contribution in [2.24, 2.45) is 10.7 Å². The highest BCUT2D eigenvalue weighted by Crippen LogP contribution is 2.15. The number of halogens is 1. The number of hydrogen-bond donors (Lipinski definition) is 1. The van der Waals surface area contributed by atoms with E-state index in [1.807, 2.05) is 18.2 Å². The summed E-state index contributed by atoms with van der Waals surface area (Å²) in [5.41, 5.74) is 7.93. The molecule has 0 fully saturated rings. The van der Waals surface area contributed by atoms with Crippen molar-refractivity contribution in [1.29, 1.82) is 0 Å². The average molecular weight is 213 g/mol. The Kier molecular flexibility index (Phi) is 2.29. The smallest absolute Gasteiger partial charge is 0.126 e. The van der Waals surface area contributed by atoms with Crippen LogP contribution in [-0.2, 0) is 6.54 Å². The van der Waals surface area contributed by atoms with E-state index >= 15 is 0 Å². The Morgan fingerprint density at radius 1 is 1.27 bits per heavy atom. The maximum absolute atomic E-state index is 5.60. The molecular weight excluding hydrogens is 204 g/mol. The normalized spacial score (nSPS) is 13.3. The minimum Gasteiger partial charge on any atom is -0.383 e. The van der Waals surface area contributed by atoms with Crippen molar-refractivity contribution in [3.05, 3.63) is 35.4 Å². The van der Waals surface area contributed by atoms with Crippen LogP contribution in [0.25, 0.3) is 0 Å². The predicted octanol–water partition coefficient (Wildman–Crippen LogP) is 1.48. The minimum atomic E-state index is 0. The Balaban J connectivity index is 0.000000605. The number of benzene rings is 1. The summed E-state index contributed by atoms with van der Waals surface area (Å²) in [6.07, 6.45) is 0. The summed E-state index contributed by atoms with van der Waals surface area (Å²) in [6.45, 7) is 0.752. The van der Waals surface area contributed by atoms with E-state index < -0.39 is 0 Å². The van der Waals surface area contributed by atoms with Crippen LogP contribution < -0.4 is 5.73 Å². The molecule has 1 aromatic carbocycles. The second kappa shape index (κ2) is 3.05. The quantitative estimate of drug-likeness (QED) is 0.696. The van der Waals surface area contributed by atoms with Gasteiger partial charge in [-0.2, -0.15) is 0 Å². The van der Waals surface area contributed by atoms with E-state index in [1.165, 1.54) is 5.56 Å². The summed E-state index contributed by atoms with van der Waals surface area (Å²) in [4.78, 5) is 4.10. The van der Waals surface area contributed by atoms with Crippen LogP contribution in [0.3, 0.4) is 0 Å². The molecule has 1 aromatic rings. The molecule has 0 aliphatic carbocycles. The lowest BCUT2D eigenvalue weighted by molar-refractivity contribution is 1.11. The fraction of sp³-hybridized carbons (Fsp3) is 0.125. The third-order valence-electron chi connectivity index (χ3n) is 1.71. The average Bonchev–Trinajstić information content (AvgIpc) is 2.34. The molecule has 0 spiro atoms. The van der Waals surface area contributed by atoms with Crippen LogP contribution >= 0.6 is 17.0 Å². The lowest BCUT2D eigenvalue weighted by Crippen LogP contribution is -2.09. The first-order valence-corrected chi connectivity index (χ1v) is 3.26. The lowest BCUT2D eigenvalue weighted by atomic mass is 10.1. The monoisotopic (exact) mass is 212 g/mol. The number of rotatable bonds is 0. The van der Waals surface area contributed by atoms with E-state index in [1.54, 1.807) is 0 Å². The van der Waals surface area contributed by atoms with Gasteiger partial charge in [0.2, 0.25) is 0 Å². The first kappa shape index (κ1) is 8.27. The predicted molar refractivity (Wildman–Crippen MR) is 51.2 cm³/mol. The largest absolute Gasteiger partial charge is 0.383 e. The van der Waals surface area contributed by atoms with E-state index in [2.05, 4.69) is 11.1 Å². The maximum Gasteiger partial charge on any atom is 0.126 e. The Morgan fingerprint density at radius 2 is 2.00 bits per heavy atom. The van der Waals surface area contributed by atoms with E-state index in [4.69, 9.17) is 5.73 Å². The van der Waals surface area contributed by atoms with Crippen molar-refractivity contribution in [1.82, 2.24) is 0 Å². The van der Waals surface area contributed by atoms with Crippen molar-refractivity contribution in [3.63, 3.8) is 0 Å². The minimum absolute atomic E-state index is 0. The van der Waals surface area contributed by atoms with E-state index in [0.717, 1.165) is 12.1 Å². The van der Waals surface area contributed by atoms with Gasteiger partial charge in [-0.15, -0.1) is 17.0 Å². The van der Waals surface area contributed by atoms with Gasteiger partial charge in [-0.05, 0) is 5.56 Å². The lowest BCUT2D eigenvalue weighted by Gasteiger charge is -1.94. The fourth-order valence-corrected chi connectivity index (χ4v) is 1.16. The van der Waals surface area contributed by atoms with Crippen LogP contribution in [0.5, 0.6) is 0 Å². The van der Waals surface area contributed by atoms with Gasteiger partial charge in [0, 0.05) is 5.56 Å². The molecule has 2 nitrogen and oxygen atoms in total. The Labute approximate surface area is 75.9 Å². The number of nitrogens with zero attached hydrogens (tertiary/aromatic N) is 1. The highest BCUT2D eigenvalue weighted by atomic mass is 79.9. The summed E-state index contributed by atoms with van der Waals surface area (Å²) in [6, 6.07) is 8.04. The summed E-state index contributed by atoms with van der Waals surface area (Å²) >= 11 is 0. The van der Waals surface area contributed by atoms with Crippen LogP contribution in [0.1, 0.15) is 11.1 Å². The second-order valence-corrected chi connectivity index (χ2v) is 2.36. The molecule has 2 N–H and O–H groups in total. The van der Waals surface area contributed by atoms with E-state index in [9.17, 15) is 0 Å². The zero-order chi connectivity index (χ0) is 6.97. The van der Waals surface area contributed by atoms with Crippen LogP contribution in [0.2, 0.25) is 0 Å². The zero-order valence-corrected chi connectivity index (χ0v) is 7.66. The third-order valence-corrected chi connectivity index (χ3v) is 1.71. The van der Waals surface area contributed by atoms with Gasteiger partial charge in [-0.3, -0.25) is 4.99 Å². The van der Waals surface area contributed by atoms with Crippen LogP contribution in [0.15, 0.2) is 29.3 Å². The molecule has 1 aliphatic heterocycles. The molecule has 0 saturated heterocycles. The van der Waals surface area contributed by atoms with Gasteiger partial charge in [-0.25, -0.2) is 0 Å². The fourth-order valence-electron chi connectivity index (χ4n) is 1.16. The standard InChI is InChI=1S/C8H8N2.BrH/c9-8-7-4-2-1-3-6(7)5-10-8;/h1-4H,5H2,(H2,9,10);1H. The molecule has 3 heteroatoms. The van der Waals surface area contributed by atoms with Crippen LogP contribution in [0, 0.1) is 0 Å².